The molecule has 0 saturated carbocycles. The van der Waals surface area contributed by atoms with Crippen molar-refractivity contribution < 1.29 is 4.89 Å². The molecule has 2 unspecified atom stereocenters. The highest BCUT2D eigenvalue weighted by atomic mass is 32.1. The van der Waals surface area contributed by atoms with Crippen molar-refractivity contribution in [2.24, 2.45) is 0 Å². The molecule has 0 aliphatic carbocycles. The highest BCUT2D eigenvalue weighted by Gasteiger charge is 1.82. The Kier molecular flexibility index (Phi) is 5.18. The Balaban J connectivity index is 2.75. The molecule has 0 saturated heterocycles. The minimum Gasteiger partial charge on any atom is -0.828 e. The first-order valence-corrected chi connectivity index (χ1v) is 5.86. The van der Waals surface area contributed by atoms with Crippen LogP contribution in [0, 0.1) is 0 Å². The smallest absolute Gasteiger partial charge is 0.0129 e. The number of hydrogen-bond acceptors (Lipinski definition) is 2. The molecular weight excluding hydrogens is 134 g/mol. The molecule has 0 aromatic rings. The Bertz CT molecular complexity index is 30.7. The van der Waals surface area contributed by atoms with Crippen LogP contribution in [0.4, 0.5) is 0 Å². The highest BCUT2D eigenvalue weighted by Crippen LogP contribution is 2.46. The Morgan fingerprint density at radius 3 is 2.50 bits per heavy atom. The van der Waals surface area contributed by atoms with Crippen LogP contribution in [0.2, 0.25) is 0 Å². The average Bonchev–Trinajstić information content (AvgIpc) is 1.65. The molecule has 0 radical (unpaired) electrons. The zero-order valence-electron chi connectivity index (χ0n) is 3.51. The predicted octanol–water partition coefficient (Wildman–Crippen LogP) is 0.854. The van der Waals surface area contributed by atoms with Crippen LogP contribution in [-0.2, 0) is 0 Å². The van der Waals surface area contributed by atoms with E-state index in [0.717, 1.165) is 5.49 Å². The third kappa shape index (κ3) is 3.36. The van der Waals surface area contributed by atoms with Crippen molar-refractivity contribution in [1.82, 2.24) is 0 Å². The van der Waals surface area contributed by atoms with E-state index in [0.29, 0.717) is 0 Å². The lowest BCUT2D eigenvalue weighted by Crippen LogP contribution is -1.77. The van der Waals surface area contributed by atoms with E-state index in [9.17, 15) is 4.89 Å². The zero-order valence-corrected chi connectivity index (χ0v) is 6.30. The van der Waals surface area contributed by atoms with E-state index < -0.39 is 0 Å². The summed E-state index contributed by atoms with van der Waals surface area (Å²) in [5.74, 6) is 0. The second-order valence-corrected chi connectivity index (χ2v) is 6.48. The summed E-state index contributed by atoms with van der Waals surface area (Å²) < 4.78 is 0. The molecule has 0 rings (SSSR count). The van der Waals surface area contributed by atoms with E-state index in [2.05, 4.69) is 12.6 Å². The van der Waals surface area contributed by atoms with Crippen molar-refractivity contribution in [2.75, 3.05) is 12.2 Å². The lowest BCUT2D eigenvalue weighted by molar-refractivity contribution is -0.145. The van der Waals surface area contributed by atoms with E-state index >= 15 is 0 Å². The first kappa shape index (κ1) is 7.17. The molecule has 0 amide bonds. The van der Waals surface area contributed by atoms with Crippen LogP contribution in [0.1, 0.15) is 0 Å². The highest BCUT2D eigenvalue weighted by molar-refractivity contribution is 8.22. The summed E-state index contributed by atoms with van der Waals surface area (Å²) in [6.45, 7) is 1.97. The standard InChI is InChI=1S/C2H7OP2S/c1-5(2-6)4-3/h4,6H,2H2,1H3/q-1. The van der Waals surface area contributed by atoms with Gasteiger partial charge in [0.05, 0.1) is 0 Å². The van der Waals surface area contributed by atoms with Gasteiger partial charge in [-0.05, 0) is 6.66 Å². The normalized spacial score (nSPS) is 16.5. The molecule has 0 spiro atoms. The van der Waals surface area contributed by atoms with Crippen molar-refractivity contribution >= 4 is 28.7 Å². The molecule has 0 aliphatic heterocycles. The van der Waals surface area contributed by atoms with Crippen LogP contribution in [0.3, 0.4) is 0 Å². The van der Waals surface area contributed by atoms with E-state index in [-0.39, 0.29) is 16.1 Å². The first-order valence-electron chi connectivity index (χ1n) is 1.51. The second kappa shape index (κ2) is 4.33. The van der Waals surface area contributed by atoms with Crippen LogP contribution >= 0.6 is 28.7 Å². The van der Waals surface area contributed by atoms with Crippen molar-refractivity contribution in [1.29, 1.82) is 0 Å². The van der Waals surface area contributed by atoms with Gasteiger partial charge in [-0.3, -0.25) is 0 Å². The van der Waals surface area contributed by atoms with Crippen LogP contribution < -0.4 is 4.89 Å². The molecule has 4 heteroatoms. The number of rotatable bonds is 2. The van der Waals surface area contributed by atoms with Gasteiger partial charge in [-0.15, -0.1) is 0 Å². The monoisotopic (exact) mass is 141 g/mol. The van der Waals surface area contributed by atoms with E-state index in [4.69, 9.17) is 0 Å². The van der Waals surface area contributed by atoms with Crippen LogP contribution in [0.5, 0.6) is 0 Å². The minimum absolute atomic E-state index is 0.130. The maximum Gasteiger partial charge on any atom is 0.0129 e. The predicted molar refractivity (Wildman–Crippen MR) is 35.0 cm³/mol. The van der Waals surface area contributed by atoms with E-state index in [1.165, 1.54) is 0 Å². The number of thiol groups is 1. The van der Waals surface area contributed by atoms with E-state index in [1.807, 2.05) is 6.66 Å². The van der Waals surface area contributed by atoms with Crippen molar-refractivity contribution in [3.63, 3.8) is 0 Å². The lowest BCUT2D eigenvalue weighted by Gasteiger charge is -2.10. The van der Waals surface area contributed by atoms with Crippen LogP contribution in [0.15, 0.2) is 0 Å². The molecule has 0 fully saturated rings. The van der Waals surface area contributed by atoms with Gasteiger partial charge in [0.25, 0.3) is 0 Å². The van der Waals surface area contributed by atoms with Gasteiger partial charge >= 0.3 is 0 Å². The van der Waals surface area contributed by atoms with Crippen molar-refractivity contribution in [3.05, 3.63) is 0 Å². The van der Waals surface area contributed by atoms with Gasteiger partial charge in [0, 0.05) is 5.49 Å². The van der Waals surface area contributed by atoms with Gasteiger partial charge < -0.3 is 4.89 Å². The summed E-state index contributed by atoms with van der Waals surface area (Å²) in [5, 5.41) is 0. The van der Waals surface area contributed by atoms with Gasteiger partial charge in [-0.25, -0.2) is 0 Å². The van der Waals surface area contributed by atoms with Crippen LogP contribution in [0.25, 0.3) is 0 Å². The maximum absolute atomic E-state index is 9.87. The van der Waals surface area contributed by atoms with Gasteiger partial charge in [-0.2, -0.15) is 21.1 Å². The topological polar surface area (TPSA) is 23.1 Å². The van der Waals surface area contributed by atoms with Gasteiger partial charge in [0.15, 0.2) is 0 Å². The molecule has 0 bridgehead atoms. The molecule has 1 nitrogen and oxygen atoms in total. The summed E-state index contributed by atoms with van der Waals surface area (Å²) in [6, 6.07) is 0. The summed E-state index contributed by atoms with van der Waals surface area (Å²) in [7, 11) is -0.370. The molecule has 6 heavy (non-hydrogen) atoms. The summed E-state index contributed by atoms with van der Waals surface area (Å²) >= 11 is 3.93. The third-order valence-electron chi connectivity index (χ3n) is 0.368. The molecule has 0 aromatic carbocycles. The molecule has 0 aromatic heterocycles. The molecule has 0 N–H and O–H groups in total. The van der Waals surface area contributed by atoms with Crippen LogP contribution in [-0.4, -0.2) is 12.2 Å². The van der Waals surface area contributed by atoms with Crippen molar-refractivity contribution in [3.8, 4) is 0 Å². The van der Waals surface area contributed by atoms with Crippen molar-refractivity contribution in [2.45, 2.75) is 0 Å². The lowest BCUT2D eigenvalue weighted by atomic mass is 11.9. The Labute approximate surface area is 46.4 Å². The maximum atomic E-state index is 9.87. The van der Waals surface area contributed by atoms with Gasteiger partial charge in [0.1, 0.15) is 0 Å². The minimum atomic E-state index is -0.240. The quantitative estimate of drug-likeness (QED) is 0.447. The molecule has 38 valence electrons. The fourth-order valence-corrected chi connectivity index (χ4v) is 0.779. The van der Waals surface area contributed by atoms with E-state index in [1.54, 1.807) is 0 Å². The Hall–Kier alpha value is 1.17. The third-order valence-corrected chi connectivity index (χ3v) is 4.58. The summed E-state index contributed by atoms with van der Waals surface area (Å²) in [4.78, 5) is 9.87. The largest absolute Gasteiger partial charge is 0.828 e. The second-order valence-electron chi connectivity index (χ2n) is 0.931. The molecule has 0 aliphatic rings. The molecular formula is C2H7OP2S-. The van der Waals surface area contributed by atoms with Gasteiger partial charge in [0.2, 0.25) is 0 Å². The summed E-state index contributed by atoms with van der Waals surface area (Å²) in [5.41, 5.74) is 0.789. The Morgan fingerprint density at radius 1 is 2.00 bits per heavy atom. The van der Waals surface area contributed by atoms with Gasteiger partial charge in [-0.1, -0.05) is 7.61 Å². The average molecular weight is 141 g/mol. The summed E-state index contributed by atoms with van der Waals surface area (Å²) in [6.07, 6.45) is 0. The molecule has 0 heterocycles. The molecule has 2 atom stereocenters. The fraction of sp³-hybridized carbons (Fsp3) is 1.00. The zero-order chi connectivity index (χ0) is 4.99. The Morgan fingerprint density at radius 2 is 2.50 bits per heavy atom. The SMILES string of the molecule is CP(CS)P[O-]. The fourth-order valence-electron chi connectivity index (χ4n) is 0.0289. The first-order chi connectivity index (χ1) is 2.81. The number of hydrogen-bond donors (Lipinski definition) is 1.